The maximum Gasteiger partial charge on any atom is 0.291 e. The number of hydrogen-bond donors (Lipinski definition) is 1. The molecule has 1 N–H and O–H groups in total. The van der Waals surface area contributed by atoms with E-state index in [9.17, 15) is 4.79 Å². The van der Waals surface area contributed by atoms with Crippen LogP contribution in [0.25, 0.3) is 17.1 Å². The maximum absolute atomic E-state index is 12.7. The average Bonchev–Trinajstić information content (AvgIpc) is 3.24. The van der Waals surface area contributed by atoms with Crippen LogP contribution in [0.5, 0.6) is 5.75 Å². The van der Waals surface area contributed by atoms with Gasteiger partial charge in [0.1, 0.15) is 5.75 Å². The molecular weight excluding hydrogens is 366 g/mol. The molecule has 2 aromatic carbocycles. The molecule has 2 aromatic heterocycles. The molecule has 0 radical (unpaired) electrons. The Morgan fingerprint density at radius 2 is 1.83 bits per heavy atom. The zero-order chi connectivity index (χ0) is 20.1. The molecule has 0 unspecified atom stereocenters. The van der Waals surface area contributed by atoms with E-state index in [1.165, 1.54) is 0 Å². The monoisotopic (exact) mass is 385 g/mol. The molecular formula is C22H19N5O2. The molecule has 0 spiro atoms. The second-order valence-electron chi connectivity index (χ2n) is 6.28. The Hall–Kier alpha value is -4.00. The van der Waals surface area contributed by atoms with Crippen molar-refractivity contribution in [3.05, 3.63) is 90.5 Å². The lowest BCUT2D eigenvalue weighted by Gasteiger charge is -2.07. The molecule has 29 heavy (non-hydrogen) atoms. The molecule has 4 aromatic rings. The zero-order valence-corrected chi connectivity index (χ0v) is 15.8. The number of ether oxygens (including phenoxy) is 1. The highest BCUT2D eigenvalue weighted by molar-refractivity contribution is 5.91. The summed E-state index contributed by atoms with van der Waals surface area (Å²) in [5.41, 5.74) is 2.55. The highest BCUT2D eigenvalue weighted by Gasteiger charge is 2.18. The van der Waals surface area contributed by atoms with Gasteiger partial charge in [-0.3, -0.25) is 9.78 Å². The molecule has 0 bridgehead atoms. The predicted molar refractivity (Wildman–Crippen MR) is 109 cm³/mol. The summed E-state index contributed by atoms with van der Waals surface area (Å²) in [6.45, 7) is 0.352. The van der Waals surface area contributed by atoms with Gasteiger partial charge in [-0.05, 0) is 35.9 Å². The first-order chi connectivity index (χ1) is 14.2. The van der Waals surface area contributed by atoms with Crippen molar-refractivity contribution >= 4 is 5.91 Å². The van der Waals surface area contributed by atoms with Gasteiger partial charge in [0.2, 0.25) is 5.82 Å². The first-order valence-electron chi connectivity index (χ1n) is 9.08. The summed E-state index contributed by atoms with van der Waals surface area (Å²) in [5, 5.41) is 7.30. The number of benzene rings is 2. The summed E-state index contributed by atoms with van der Waals surface area (Å²) in [7, 11) is 1.62. The van der Waals surface area contributed by atoms with Crippen LogP contribution < -0.4 is 10.1 Å². The Morgan fingerprint density at radius 3 is 2.52 bits per heavy atom. The van der Waals surface area contributed by atoms with Crippen LogP contribution >= 0.6 is 0 Å². The lowest BCUT2D eigenvalue weighted by Crippen LogP contribution is -2.24. The Labute approximate surface area is 168 Å². The SMILES string of the molecule is COc1ccc(-n2nc(C(=O)NCc3cccnc3)nc2-c2ccccc2)cc1. The van der Waals surface area contributed by atoms with Crippen LogP contribution in [0.15, 0.2) is 79.1 Å². The first kappa shape index (κ1) is 18.4. The van der Waals surface area contributed by atoms with E-state index in [2.05, 4.69) is 20.4 Å². The lowest BCUT2D eigenvalue weighted by molar-refractivity contribution is 0.0940. The summed E-state index contributed by atoms with van der Waals surface area (Å²) < 4.78 is 6.88. The number of nitrogens with zero attached hydrogens (tertiary/aromatic N) is 4. The molecule has 2 heterocycles. The third-order valence-corrected chi connectivity index (χ3v) is 4.34. The van der Waals surface area contributed by atoms with Crippen LogP contribution in [-0.4, -0.2) is 32.8 Å². The van der Waals surface area contributed by atoms with Gasteiger partial charge in [0, 0.05) is 24.5 Å². The summed E-state index contributed by atoms with van der Waals surface area (Å²) in [6.07, 6.45) is 3.40. The van der Waals surface area contributed by atoms with Gasteiger partial charge in [-0.15, -0.1) is 5.10 Å². The Balaban J connectivity index is 1.66. The molecule has 144 valence electrons. The quantitative estimate of drug-likeness (QED) is 0.551. The van der Waals surface area contributed by atoms with Gasteiger partial charge >= 0.3 is 0 Å². The first-order valence-corrected chi connectivity index (χ1v) is 9.08. The minimum atomic E-state index is -0.349. The summed E-state index contributed by atoms with van der Waals surface area (Å²) in [6, 6.07) is 20.8. The number of carbonyl (C=O) groups is 1. The van der Waals surface area contributed by atoms with Crippen molar-refractivity contribution in [1.29, 1.82) is 0 Å². The van der Waals surface area contributed by atoms with Crippen molar-refractivity contribution in [2.45, 2.75) is 6.54 Å². The number of nitrogens with one attached hydrogen (secondary N) is 1. The number of rotatable bonds is 6. The second kappa shape index (κ2) is 8.35. The van der Waals surface area contributed by atoms with E-state index in [0.29, 0.717) is 12.4 Å². The van der Waals surface area contributed by atoms with Gasteiger partial charge in [-0.25, -0.2) is 9.67 Å². The van der Waals surface area contributed by atoms with Crippen molar-refractivity contribution in [1.82, 2.24) is 25.1 Å². The predicted octanol–water partition coefficient (Wildman–Crippen LogP) is 3.27. The molecule has 0 aliphatic heterocycles. The van der Waals surface area contributed by atoms with Gasteiger partial charge in [0.15, 0.2) is 5.82 Å². The number of aromatic nitrogens is 4. The number of hydrogen-bond acceptors (Lipinski definition) is 5. The van der Waals surface area contributed by atoms with Crippen molar-refractivity contribution in [3.8, 4) is 22.8 Å². The van der Waals surface area contributed by atoms with E-state index < -0.39 is 0 Å². The molecule has 1 amide bonds. The summed E-state index contributed by atoms with van der Waals surface area (Å²) in [5.74, 6) is 1.08. The van der Waals surface area contributed by atoms with E-state index in [-0.39, 0.29) is 11.7 Å². The smallest absolute Gasteiger partial charge is 0.291 e. The largest absolute Gasteiger partial charge is 0.497 e. The Morgan fingerprint density at radius 1 is 1.03 bits per heavy atom. The Bertz CT molecular complexity index is 1090. The lowest BCUT2D eigenvalue weighted by atomic mass is 10.2. The maximum atomic E-state index is 12.7. The van der Waals surface area contributed by atoms with Crippen molar-refractivity contribution in [2.24, 2.45) is 0 Å². The van der Waals surface area contributed by atoms with Crippen molar-refractivity contribution in [2.75, 3.05) is 7.11 Å². The molecule has 7 nitrogen and oxygen atoms in total. The summed E-state index contributed by atoms with van der Waals surface area (Å²) >= 11 is 0. The van der Waals surface area contributed by atoms with Crippen LogP contribution in [0.4, 0.5) is 0 Å². The number of pyridine rings is 1. The van der Waals surface area contributed by atoms with E-state index in [0.717, 1.165) is 22.6 Å². The topological polar surface area (TPSA) is 81.9 Å². The molecule has 0 saturated heterocycles. The van der Waals surface area contributed by atoms with Crippen LogP contribution in [0.2, 0.25) is 0 Å². The standard InChI is InChI=1S/C22H19N5O2/c1-29-19-11-9-18(10-12-19)27-21(17-7-3-2-4-8-17)25-20(26-27)22(28)24-15-16-6-5-13-23-14-16/h2-14H,15H2,1H3,(H,24,28). The Kier molecular flexibility index (Phi) is 5.29. The fraction of sp³-hybridized carbons (Fsp3) is 0.0909. The molecule has 4 rings (SSSR count). The van der Waals surface area contributed by atoms with E-state index in [1.54, 1.807) is 24.2 Å². The molecule has 0 saturated carbocycles. The zero-order valence-electron chi connectivity index (χ0n) is 15.8. The van der Waals surface area contributed by atoms with E-state index in [1.807, 2.05) is 66.7 Å². The molecule has 0 fully saturated rings. The number of carbonyl (C=O) groups excluding carboxylic acids is 1. The fourth-order valence-corrected chi connectivity index (χ4v) is 2.85. The van der Waals surface area contributed by atoms with Crippen molar-refractivity contribution in [3.63, 3.8) is 0 Å². The van der Waals surface area contributed by atoms with Crippen LogP contribution in [0.3, 0.4) is 0 Å². The minimum Gasteiger partial charge on any atom is -0.497 e. The van der Waals surface area contributed by atoms with Gasteiger partial charge in [0.25, 0.3) is 5.91 Å². The van der Waals surface area contributed by atoms with E-state index >= 15 is 0 Å². The van der Waals surface area contributed by atoms with Gasteiger partial charge in [-0.2, -0.15) is 0 Å². The van der Waals surface area contributed by atoms with Gasteiger partial charge in [0.05, 0.1) is 12.8 Å². The normalized spacial score (nSPS) is 10.5. The van der Waals surface area contributed by atoms with Crippen LogP contribution in [-0.2, 0) is 6.54 Å². The second-order valence-corrected chi connectivity index (χ2v) is 6.28. The molecule has 0 atom stereocenters. The highest BCUT2D eigenvalue weighted by Crippen LogP contribution is 2.22. The highest BCUT2D eigenvalue weighted by atomic mass is 16.5. The van der Waals surface area contributed by atoms with Gasteiger partial charge < -0.3 is 10.1 Å². The van der Waals surface area contributed by atoms with Crippen LogP contribution in [0, 0.1) is 0 Å². The third kappa shape index (κ3) is 4.14. The van der Waals surface area contributed by atoms with Crippen molar-refractivity contribution < 1.29 is 9.53 Å². The minimum absolute atomic E-state index is 0.101. The van der Waals surface area contributed by atoms with Gasteiger partial charge in [-0.1, -0.05) is 36.4 Å². The third-order valence-electron chi connectivity index (χ3n) is 4.34. The van der Waals surface area contributed by atoms with Crippen LogP contribution in [0.1, 0.15) is 16.2 Å². The molecule has 0 aliphatic rings. The average molecular weight is 385 g/mol. The number of amides is 1. The molecule has 7 heteroatoms. The van der Waals surface area contributed by atoms with E-state index in [4.69, 9.17) is 4.74 Å². The molecule has 0 aliphatic carbocycles. The summed E-state index contributed by atoms with van der Waals surface area (Å²) in [4.78, 5) is 21.2. The number of methoxy groups -OCH3 is 1. The fourth-order valence-electron chi connectivity index (χ4n) is 2.85.